The molecule has 0 aliphatic heterocycles. The maximum absolute atomic E-state index is 5.47. The summed E-state index contributed by atoms with van der Waals surface area (Å²) in [6.07, 6.45) is 4.25. The molecule has 1 aromatic rings. The van der Waals surface area contributed by atoms with Crippen molar-refractivity contribution in [2.75, 3.05) is 6.54 Å². The van der Waals surface area contributed by atoms with Crippen LogP contribution >= 0.6 is 0 Å². The van der Waals surface area contributed by atoms with Crippen LogP contribution in [-0.2, 0) is 6.54 Å². The molecule has 1 aromatic heterocycles. The zero-order valence-electron chi connectivity index (χ0n) is 9.10. The van der Waals surface area contributed by atoms with Crippen LogP contribution in [0.1, 0.15) is 36.3 Å². The Kier molecular flexibility index (Phi) is 2.92. The highest BCUT2D eigenvalue weighted by molar-refractivity contribution is 5.19. The Labute approximate surface area is 85.7 Å². The zero-order chi connectivity index (χ0) is 9.97. The summed E-state index contributed by atoms with van der Waals surface area (Å²) in [5, 5.41) is 3.50. The molecule has 0 unspecified atom stereocenters. The Morgan fingerprint density at radius 1 is 1.43 bits per heavy atom. The molecule has 2 heteroatoms. The van der Waals surface area contributed by atoms with Crippen molar-refractivity contribution in [3.05, 3.63) is 23.2 Å². The van der Waals surface area contributed by atoms with Crippen LogP contribution < -0.4 is 5.32 Å². The second kappa shape index (κ2) is 4.18. The SMILES string of the molecule is Cc1cc(CNCC2CCC2)c(C)o1. The Hall–Kier alpha value is -0.760. The van der Waals surface area contributed by atoms with Gasteiger partial charge in [0.1, 0.15) is 11.5 Å². The van der Waals surface area contributed by atoms with Crippen molar-refractivity contribution >= 4 is 0 Å². The number of hydrogen-bond donors (Lipinski definition) is 1. The monoisotopic (exact) mass is 193 g/mol. The summed E-state index contributed by atoms with van der Waals surface area (Å²) in [5.41, 5.74) is 1.31. The fraction of sp³-hybridized carbons (Fsp3) is 0.667. The van der Waals surface area contributed by atoms with E-state index in [4.69, 9.17) is 4.42 Å². The molecule has 78 valence electrons. The summed E-state index contributed by atoms with van der Waals surface area (Å²) < 4.78 is 5.47. The largest absolute Gasteiger partial charge is 0.466 e. The molecule has 1 heterocycles. The van der Waals surface area contributed by atoms with E-state index in [1.165, 1.54) is 31.4 Å². The molecule has 0 atom stereocenters. The van der Waals surface area contributed by atoms with Crippen LogP contribution in [-0.4, -0.2) is 6.54 Å². The van der Waals surface area contributed by atoms with Crippen molar-refractivity contribution in [2.45, 2.75) is 39.7 Å². The topological polar surface area (TPSA) is 25.2 Å². The molecule has 0 spiro atoms. The van der Waals surface area contributed by atoms with Crippen molar-refractivity contribution in [1.82, 2.24) is 5.32 Å². The molecular weight excluding hydrogens is 174 g/mol. The molecule has 0 saturated heterocycles. The van der Waals surface area contributed by atoms with Crippen molar-refractivity contribution in [3.8, 4) is 0 Å². The van der Waals surface area contributed by atoms with E-state index in [9.17, 15) is 0 Å². The summed E-state index contributed by atoms with van der Waals surface area (Å²) in [7, 11) is 0. The van der Waals surface area contributed by atoms with Gasteiger partial charge in [-0.05, 0) is 45.2 Å². The van der Waals surface area contributed by atoms with E-state index in [0.717, 1.165) is 24.0 Å². The third-order valence-corrected chi connectivity index (χ3v) is 3.12. The third kappa shape index (κ3) is 2.18. The molecule has 2 nitrogen and oxygen atoms in total. The normalized spacial score (nSPS) is 17.0. The first-order valence-corrected chi connectivity index (χ1v) is 5.52. The van der Waals surface area contributed by atoms with Crippen LogP contribution in [0.15, 0.2) is 10.5 Å². The van der Waals surface area contributed by atoms with Gasteiger partial charge in [-0.2, -0.15) is 0 Å². The van der Waals surface area contributed by atoms with Gasteiger partial charge in [-0.3, -0.25) is 0 Å². The van der Waals surface area contributed by atoms with Gasteiger partial charge in [0, 0.05) is 12.1 Å². The predicted molar refractivity (Wildman–Crippen MR) is 57.2 cm³/mol. The number of hydrogen-bond acceptors (Lipinski definition) is 2. The van der Waals surface area contributed by atoms with Gasteiger partial charge in [0.15, 0.2) is 0 Å². The minimum absolute atomic E-state index is 0.934. The first-order valence-electron chi connectivity index (χ1n) is 5.52. The van der Waals surface area contributed by atoms with Crippen LogP contribution in [0.4, 0.5) is 0 Å². The molecule has 1 saturated carbocycles. The zero-order valence-corrected chi connectivity index (χ0v) is 9.10. The van der Waals surface area contributed by atoms with Gasteiger partial charge in [-0.1, -0.05) is 6.42 Å². The van der Waals surface area contributed by atoms with Crippen molar-refractivity contribution in [2.24, 2.45) is 5.92 Å². The van der Waals surface area contributed by atoms with Crippen molar-refractivity contribution in [3.63, 3.8) is 0 Å². The summed E-state index contributed by atoms with van der Waals surface area (Å²) in [6.45, 7) is 6.17. The fourth-order valence-corrected chi connectivity index (χ4v) is 1.97. The second-order valence-electron chi connectivity index (χ2n) is 4.37. The first-order chi connectivity index (χ1) is 6.75. The molecule has 1 aliphatic rings. The molecule has 0 aromatic carbocycles. The Balaban J connectivity index is 1.76. The van der Waals surface area contributed by atoms with Gasteiger partial charge in [-0.15, -0.1) is 0 Å². The summed E-state index contributed by atoms with van der Waals surface area (Å²) in [6, 6.07) is 2.13. The van der Waals surface area contributed by atoms with Crippen molar-refractivity contribution in [1.29, 1.82) is 0 Å². The molecule has 14 heavy (non-hydrogen) atoms. The van der Waals surface area contributed by atoms with Crippen LogP contribution in [0.2, 0.25) is 0 Å². The third-order valence-electron chi connectivity index (χ3n) is 3.12. The van der Waals surface area contributed by atoms with Gasteiger partial charge >= 0.3 is 0 Å². The molecule has 1 fully saturated rings. The molecular formula is C12H19NO. The summed E-state index contributed by atoms with van der Waals surface area (Å²) >= 11 is 0. The molecule has 0 radical (unpaired) electrons. The quantitative estimate of drug-likeness (QED) is 0.795. The average molecular weight is 193 g/mol. The van der Waals surface area contributed by atoms with E-state index in [1.54, 1.807) is 0 Å². The van der Waals surface area contributed by atoms with Gasteiger partial charge in [0.05, 0.1) is 0 Å². The Morgan fingerprint density at radius 3 is 2.71 bits per heavy atom. The predicted octanol–water partition coefficient (Wildman–Crippen LogP) is 2.79. The molecule has 0 bridgehead atoms. The van der Waals surface area contributed by atoms with E-state index >= 15 is 0 Å². The van der Waals surface area contributed by atoms with E-state index in [2.05, 4.69) is 11.4 Å². The first kappa shape index (κ1) is 9.78. The smallest absolute Gasteiger partial charge is 0.105 e. The average Bonchev–Trinajstić information content (AvgIpc) is 2.36. The standard InChI is InChI=1S/C12H19NO/c1-9-6-12(10(2)14-9)8-13-7-11-4-3-5-11/h6,11,13H,3-5,7-8H2,1-2H3. The minimum Gasteiger partial charge on any atom is -0.466 e. The Morgan fingerprint density at radius 2 is 2.21 bits per heavy atom. The Bertz CT molecular complexity index is 299. The number of rotatable bonds is 4. The minimum atomic E-state index is 0.934. The maximum Gasteiger partial charge on any atom is 0.105 e. The van der Waals surface area contributed by atoms with Crippen LogP contribution in [0.3, 0.4) is 0 Å². The highest BCUT2D eigenvalue weighted by atomic mass is 16.3. The van der Waals surface area contributed by atoms with Crippen LogP contribution in [0, 0.1) is 19.8 Å². The van der Waals surface area contributed by atoms with Crippen LogP contribution in [0.25, 0.3) is 0 Å². The van der Waals surface area contributed by atoms with Gasteiger partial charge < -0.3 is 9.73 Å². The summed E-state index contributed by atoms with van der Waals surface area (Å²) in [5.74, 6) is 3.01. The highest BCUT2D eigenvalue weighted by Gasteiger charge is 2.16. The molecule has 1 N–H and O–H groups in total. The lowest BCUT2D eigenvalue weighted by atomic mass is 9.85. The number of aryl methyl sites for hydroxylation is 2. The van der Waals surface area contributed by atoms with Crippen LogP contribution in [0.5, 0.6) is 0 Å². The maximum atomic E-state index is 5.47. The van der Waals surface area contributed by atoms with Crippen molar-refractivity contribution < 1.29 is 4.42 Å². The van der Waals surface area contributed by atoms with Gasteiger partial charge in [-0.25, -0.2) is 0 Å². The van der Waals surface area contributed by atoms with Gasteiger partial charge in [0.2, 0.25) is 0 Å². The second-order valence-corrected chi connectivity index (χ2v) is 4.37. The highest BCUT2D eigenvalue weighted by Crippen LogP contribution is 2.25. The van der Waals surface area contributed by atoms with Gasteiger partial charge in [0.25, 0.3) is 0 Å². The number of nitrogens with one attached hydrogen (secondary N) is 1. The summed E-state index contributed by atoms with van der Waals surface area (Å²) in [4.78, 5) is 0. The number of furan rings is 1. The van der Waals surface area contributed by atoms with E-state index in [-0.39, 0.29) is 0 Å². The lowest BCUT2D eigenvalue weighted by Gasteiger charge is -2.25. The lowest BCUT2D eigenvalue weighted by Crippen LogP contribution is -2.26. The van der Waals surface area contributed by atoms with E-state index in [0.29, 0.717) is 0 Å². The molecule has 2 rings (SSSR count). The van der Waals surface area contributed by atoms with E-state index < -0.39 is 0 Å². The fourth-order valence-electron chi connectivity index (χ4n) is 1.97. The van der Waals surface area contributed by atoms with E-state index in [1.807, 2.05) is 13.8 Å². The lowest BCUT2D eigenvalue weighted by molar-refractivity contribution is 0.301. The molecule has 1 aliphatic carbocycles. The molecule has 0 amide bonds.